The molecule has 0 amide bonds. The van der Waals surface area contributed by atoms with E-state index in [2.05, 4.69) is 10.3 Å². The van der Waals surface area contributed by atoms with E-state index in [4.69, 9.17) is 14.2 Å². The second-order valence-corrected chi connectivity index (χ2v) is 4.10. The van der Waals surface area contributed by atoms with Crippen molar-refractivity contribution >= 4 is 5.69 Å². The molecule has 1 N–H and O–H groups in total. The van der Waals surface area contributed by atoms with E-state index in [9.17, 15) is 0 Å². The van der Waals surface area contributed by atoms with Crippen LogP contribution in [0, 0.1) is 0 Å². The first-order valence-corrected chi connectivity index (χ1v) is 5.97. The van der Waals surface area contributed by atoms with E-state index in [1.54, 1.807) is 13.3 Å². The fraction of sp³-hybridized carbons (Fsp3) is 0.214. The molecule has 0 aliphatic carbocycles. The summed E-state index contributed by atoms with van der Waals surface area (Å²) in [5.74, 6) is 2.38. The Labute approximate surface area is 111 Å². The predicted octanol–water partition coefficient (Wildman–Crippen LogP) is 2.43. The maximum Gasteiger partial charge on any atom is 0.159 e. The zero-order valence-electron chi connectivity index (χ0n) is 10.6. The van der Waals surface area contributed by atoms with Gasteiger partial charge in [-0.3, -0.25) is 4.98 Å². The van der Waals surface area contributed by atoms with Crippen LogP contribution >= 0.6 is 0 Å². The summed E-state index contributed by atoms with van der Waals surface area (Å²) >= 11 is 0. The Morgan fingerprint density at radius 2 is 2.16 bits per heavy atom. The lowest BCUT2D eigenvalue weighted by Crippen LogP contribution is -1.98. The molecule has 1 aromatic heterocycles. The summed E-state index contributed by atoms with van der Waals surface area (Å²) < 4.78 is 16.1. The molecule has 0 saturated carbocycles. The number of aromatic nitrogens is 1. The van der Waals surface area contributed by atoms with Crippen molar-refractivity contribution in [1.82, 2.24) is 4.98 Å². The topological polar surface area (TPSA) is 52.6 Å². The number of nitrogens with one attached hydrogen (secondary N) is 1. The molecule has 5 nitrogen and oxygen atoms in total. The number of rotatable bonds is 4. The van der Waals surface area contributed by atoms with Crippen molar-refractivity contribution in [3.8, 4) is 17.2 Å². The third kappa shape index (κ3) is 2.54. The Hall–Kier alpha value is -2.43. The van der Waals surface area contributed by atoms with Gasteiger partial charge < -0.3 is 19.5 Å². The van der Waals surface area contributed by atoms with Gasteiger partial charge in [-0.1, -0.05) is 0 Å². The van der Waals surface area contributed by atoms with Crippen molar-refractivity contribution in [2.75, 3.05) is 19.2 Å². The SMILES string of the molecule is COc1ccc(COc2ccc3c(c2)NCO3)nc1. The number of hydrogen-bond donors (Lipinski definition) is 1. The molecule has 98 valence electrons. The zero-order chi connectivity index (χ0) is 13.1. The minimum atomic E-state index is 0.420. The van der Waals surface area contributed by atoms with Crippen LogP contribution in [0.2, 0.25) is 0 Å². The first-order valence-electron chi connectivity index (χ1n) is 5.97. The van der Waals surface area contributed by atoms with Crippen LogP contribution in [0.5, 0.6) is 17.2 Å². The smallest absolute Gasteiger partial charge is 0.159 e. The van der Waals surface area contributed by atoms with Crippen LogP contribution in [0.3, 0.4) is 0 Å². The molecule has 0 radical (unpaired) electrons. The van der Waals surface area contributed by atoms with Crippen LogP contribution in [0.1, 0.15) is 5.69 Å². The first kappa shape index (κ1) is 11.6. The van der Waals surface area contributed by atoms with E-state index in [1.807, 2.05) is 30.3 Å². The van der Waals surface area contributed by atoms with Gasteiger partial charge in [-0.05, 0) is 24.3 Å². The van der Waals surface area contributed by atoms with E-state index in [0.29, 0.717) is 13.3 Å². The van der Waals surface area contributed by atoms with Gasteiger partial charge >= 0.3 is 0 Å². The number of hydrogen-bond acceptors (Lipinski definition) is 5. The van der Waals surface area contributed by atoms with Gasteiger partial charge in [0.25, 0.3) is 0 Å². The Morgan fingerprint density at radius 1 is 1.26 bits per heavy atom. The minimum absolute atomic E-state index is 0.420. The Bertz CT molecular complexity index is 569. The lowest BCUT2D eigenvalue weighted by Gasteiger charge is -2.07. The van der Waals surface area contributed by atoms with Crippen molar-refractivity contribution in [2.45, 2.75) is 6.61 Å². The standard InChI is InChI=1S/C14H14N2O3/c1-17-12-3-2-10(15-7-12)8-18-11-4-5-14-13(6-11)16-9-19-14/h2-7,16H,8-9H2,1H3. The van der Waals surface area contributed by atoms with Crippen molar-refractivity contribution in [3.05, 3.63) is 42.2 Å². The lowest BCUT2D eigenvalue weighted by atomic mass is 10.3. The molecular formula is C14H14N2O3. The Morgan fingerprint density at radius 3 is 2.95 bits per heavy atom. The molecule has 3 rings (SSSR count). The van der Waals surface area contributed by atoms with Gasteiger partial charge in [0.15, 0.2) is 6.73 Å². The second-order valence-electron chi connectivity index (χ2n) is 4.10. The van der Waals surface area contributed by atoms with Crippen LogP contribution in [-0.4, -0.2) is 18.8 Å². The maximum atomic E-state index is 5.69. The quantitative estimate of drug-likeness (QED) is 0.912. The average Bonchev–Trinajstić information content (AvgIpc) is 2.93. The summed E-state index contributed by atoms with van der Waals surface area (Å²) in [5.41, 5.74) is 1.81. The fourth-order valence-electron chi connectivity index (χ4n) is 1.83. The van der Waals surface area contributed by atoms with Gasteiger partial charge in [0.2, 0.25) is 0 Å². The molecule has 1 aliphatic rings. The molecule has 0 saturated heterocycles. The van der Waals surface area contributed by atoms with E-state index in [1.165, 1.54) is 0 Å². The van der Waals surface area contributed by atoms with Gasteiger partial charge in [-0.2, -0.15) is 0 Å². The Balaban J connectivity index is 1.65. The number of methoxy groups -OCH3 is 1. The number of nitrogens with zero attached hydrogens (tertiary/aromatic N) is 1. The van der Waals surface area contributed by atoms with Crippen LogP contribution in [0.25, 0.3) is 0 Å². The number of pyridine rings is 1. The summed E-state index contributed by atoms with van der Waals surface area (Å²) in [6, 6.07) is 9.45. The van der Waals surface area contributed by atoms with Crippen LogP contribution < -0.4 is 19.5 Å². The number of ether oxygens (including phenoxy) is 3. The molecule has 0 bridgehead atoms. The van der Waals surface area contributed by atoms with Gasteiger partial charge in [0.1, 0.15) is 23.9 Å². The Kier molecular flexibility index (Phi) is 3.10. The lowest BCUT2D eigenvalue weighted by molar-refractivity contribution is 0.300. The highest BCUT2D eigenvalue weighted by atomic mass is 16.5. The van der Waals surface area contributed by atoms with Crippen LogP contribution in [0.15, 0.2) is 36.5 Å². The van der Waals surface area contributed by atoms with Gasteiger partial charge in [0.05, 0.1) is 24.7 Å². The number of benzene rings is 1. The largest absolute Gasteiger partial charge is 0.495 e. The van der Waals surface area contributed by atoms with Crippen molar-refractivity contribution in [3.63, 3.8) is 0 Å². The molecule has 2 heterocycles. The third-order valence-electron chi connectivity index (χ3n) is 2.86. The monoisotopic (exact) mass is 258 g/mol. The summed E-state index contributed by atoms with van der Waals surface area (Å²) in [5, 5.41) is 3.12. The van der Waals surface area contributed by atoms with E-state index in [0.717, 1.165) is 28.6 Å². The van der Waals surface area contributed by atoms with Gasteiger partial charge in [-0.15, -0.1) is 0 Å². The molecule has 0 spiro atoms. The van der Waals surface area contributed by atoms with E-state index in [-0.39, 0.29) is 0 Å². The number of fused-ring (bicyclic) bond motifs is 1. The molecule has 1 aliphatic heterocycles. The summed E-state index contributed by atoms with van der Waals surface area (Å²) in [6.45, 7) is 0.933. The zero-order valence-corrected chi connectivity index (χ0v) is 10.6. The van der Waals surface area contributed by atoms with E-state index < -0.39 is 0 Å². The summed E-state index contributed by atoms with van der Waals surface area (Å²) in [7, 11) is 1.62. The third-order valence-corrected chi connectivity index (χ3v) is 2.86. The highest BCUT2D eigenvalue weighted by Gasteiger charge is 2.11. The average molecular weight is 258 g/mol. The van der Waals surface area contributed by atoms with Gasteiger partial charge in [0, 0.05) is 6.07 Å². The van der Waals surface area contributed by atoms with Crippen LogP contribution in [0.4, 0.5) is 5.69 Å². The summed E-state index contributed by atoms with van der Waals surface area (Å²) in [6.07, 6.45) is 1.68. The molecular weight excluding hydrogens is 244 g/mol. The van der Waals surface area contributed by atoms with Crippen molar-refractivity contribution in [2.24, 2.45) is 0 Å². The molecule has 0 unspecified atom stereocenters. The van der Waals surface area contributed by atoms with Gasteiger partial charge in [-0.25, -0.2) is 0 Å². The number of anilines is 1. The van der Waals surface area contributed by atoms with Crippen molar-refractivity contribution in [1.29, 1.82) is 0 Å². The normalized spacial score (nSPS) is 12.3. The predicted molar refractivity (Wildman–Crippen MR) is 70.7 cm³/mol. The first-order chi connectivity index (χ1) is 9.35. The minimum Gasteiger partial charge on any atom is -0.495 e. The maximum absolute atomic E-state index is 5.69. The highest BCUT2D eigenvalue weighted by Crippen LogP contribution is 2.32. The molecule has 1 aromatic carbocycles. The molecule has 19 heavy (non-hydrogen) atoms. The second kappa shape index (κ2) is 5.06. The van der Waals surface area contributed by atoms with Crippen molar-refractivity contribution < 1.29 is 14.2 Å². The van der Waals surface area contributed by atoms with Crippen LogP contribution in [-0.2, 0) is 6.61 Å². The molecule has 0 fully saturated rings. The van der Waals surface area contributed by atoms with E-state index >= 15 is 0 Å². The highest BCUT2D eigenvalue weighted by molar-refractivity contribution is 5.61. The summed E-state index contributed by atoms with van der Waals surface area (Å²) in [4.78, 5) is 4.25. The molecule has 5 heteroatoms. The molecule has 2 aromatic rings. The fourth-order valence-corrected chi connectivity index (χ4v) is 1.83. The molecule has 0 atom stereocenters.